The van der Waals surface area contributed by atoms with Crippen molar-refractivity contribution >= 4 is 0 Å². The molecule has 0 bridgehead atoms. The van der Waals surface area contributed by atoms with E-state index in [1.807, 2.05) is 13.0 Å². The average molecular weight is 217 g/mol. The number of benzene rings is 1. The zero-order valence-electron chi connectivity index (χ0n) is 9.36. The van der Waals surface area contributed by atoms with Gasteiger partial charge in [0.05, 0.1) is 12.7 Å². The number of hydrogen-bond acceptors (Lipinski definition) is 3. The molecule has 1 aromatic rings. The van der Waals surface area contributed by atoms with Crippen molar-refractivity contribution in [2.45, 2.75) is 26.2 Å². The number of ether oxygens (including phenoxy) is 1. The SMILES string of the molecule is Cc1cc(O)cc(OCC2(CC#N)CC2)c1. The molecule has 0 heterocycles. The van der Waals surface area contributed by atoms with Gasteiger partial charge in [-0.2, -0.15) is 5.26 Å². The Morgan fingerprint density at radius 3 is 2.75 bits per heavy atom. The van der Waals surface area contributed by atoms with Crippen LogP contribution in [0.3, 0.4) is 0 Å². The number of aryl methyl sites for hydroxylation is 1. The molecular formula is C13H15NO2. The number of aromatic hydroxyl groups is 1. The second kappa shape index (κ2) is 4.05. The number of phenolic OH excluding ortho intramolecular Hbond substituents is 1. The van der Waals surface area contributed by atoms with Gasteiger partial charge < -0.3 is 9.84 Å². The molecule has 1 fully saturated rings. The van der Waals surface area contributed by atoms with Crippen LogP contribution in [0, 0.1) is 23.7 Å². The third kappa shape index (κ3) is 2.46. The molecule has 1 aliphatic carbocycles. The van der Waals surface area contributed by atoms with Crippen LogP contribution in [0.15, 0.2) is 18.2 Å². The van der Waals surface area contributed by atoms with Crippen LogP contribution in [0.4, 0.5) is 0 Å². The second-order valence-corrected chi connectivity index (χ2v) is 4.63. The van der Waals surface area contributed by atoms with Crippen molar-refractivity contribution in [1.29, 1.82) is 5.26 Å². The molecular weight excluding hydrogens is 202 g/mol. The molecule has 16 heavy (non-hydrogen) atoms. The van der Waals surface area contributed by atoms with E-state index in [4.69, 9.17) is 10.00 Å². The third-order valence-corrected chi connectivity index (χ3v) is 2.99. The lowest BCUT2D eigenvalue weighted by Crippen LogP contribution is -2.12. The zero-order valence-corrected chi connectivity index (χ0v) is 9.36. The summed E-state index contributed by atoms with van der Waals surface area (Å²) >= 11 is 0. The second-order valence-electron chi connectivity index (χ2n) is 4.63. The molecule has 1 aromatic carbocycles. The van der Waals surface area contributed by atoms with Crippen LogP contribution >= 0.6 is 0 Å². The van der Waals surface area contributed by atoms with E-state index in [1.54, 1.807) is 12.1 Å². The largest absolute Gasteiger partial charge is 0.508 e. The maximum Gasteiger partial charge on any atom is 0.123 e. The summed E-state index contributed by atoms with van der Waals surface area (Å²) in [5.41, 5.74) is 1.05. The Morgan fingerprint density at radius 1 is 1.44 bits per heavy atom. The van der Waals surface area contributed by atoms with Gasteiger partial charge in [-0.1, -0.05) is 0 Å². The molecule has 0 radical (unpaired) electrons. The molecule has 0 amide bonds. The number of hydrogen-bond donors (Lipinski definition) is 1. The van der Waals surface area contributed by atoms with Crippen molar-refractivity contribution in [3.63, 3.8) is 0 Å². The summed E-state index contributed by atoms with van der Waals surface area (Å²) in [5, 5.41) is 18.1. The third-order valence-electron chi connectivity index (χ3n) is 2.99. The number of phenols is 1. The molecule has 0 aliphatic heterocycles. The first-order valence-electron chi connectivity index (χ1n) is 5.44. The minimum absolute atomic E-state index is 0.0775. The summed E-state index contributed by atoms with van der Waals surface area (Å²) < 4.78 is 5.64. The Labute approximate surface area is 95.3 Å². The summed E-state index contributed by atoms with van der Waals surface area (Å²) in [6, 6.07) is 7.39. The minimum Gasteiger partial charge on any atom is -0.508 e. The highest BCUT2D eigenvalue weighted by atomic mass is 16.5. The summed E-state index contributed by atoms with van der Waals surface area (Å²) in [6.45, 7) is 2.48. The number of rotatable bonds is 4. The topological polar surface area (TPSA) is 53.2 Å². The maximum atomic E-state index is 9.41. The van der Waals surface area contributed by atoms with Crippen molar-refractivity contribution in [2.24, 2.45) is 5.41 Å². The average Bonchev–Trinajstić information content (AvgIpc) is 2.95. The van der Waals surface area contributed by atoms with Crippen molar-refractivity contribution in [2.75, 3.05) is 6.61 Å². The van der Waals surface area contributed by atoms with Gasteiger partial charge in [0.2, 0.25) is 0 Å². The van der Waals surface area contributed by atoms with E-state index < -0.39 is 0 Å². The van der Waals surface area contributed by atoms with Gasteiger partial charge in [-0.3, -0.25) is 0 Å². The van der Waals surface area contributed by atoms with Gasteiger partial charge >= 0.3 is 0 Å². The Hall–Kier alpha value is -1.69. The van der Waals surface area contributed by atoms with E-state index in [-0.39, 0.29) is 11.2 Å². The Morgan fingerprint density at radius 2 is 2.19 bits per heavy atom. The molecule has 0 unspecified atom stereocenters. The molecule has 3 nitrogen and oxygen atoms in total. The molecule has 2 rings (SSSR count). The minimum atomic E-state index is 0.0775. The van der Waals surface area contributed by atoms with Gasteiger partial charge in [0.15, 0.2) is 0 Å². The highest BCUT2D eigenvalue weighted by molar-refractivity contribution is 5.36. The fourth-order valence-corrected chi connectivity index (χ4v) is 1.76. The van der Waals surface area contributed by atoms with Crippen LogP contribution in [0.2, 0.25) is 0 Å². The van der Waals surface area contributed by atoms with Gasteiger partial charge in [-0.05, 0) is 37.5 Å². The predicted molar refractivity (Wildman–Crippen MR) is 60.2 cm³/mol. The van der Waals surface area contributed by atoms with E-state index in [1.165, 1.54) is 0 Å². The Bertz CT molecular complexity index is 410. The van der Waals surface area contributed by atoms with E-state index in [0.29, 0.717) is 18.8 Å². The predicted octanol–water partition coefficient (Wildman–Crippen LogP) is 2.77. The van der Waals surface area contributed by atoms with Crippen LogP contribution < -0.4 is 4.74 Å². The molecule has 3 heteroatoms. The maximum absolute atomic E-state index is 9.41. The van der Waals surface area contributed by atoms with E-state index in [9.17, 15) is 5.11 Å². The molecule has 0 spiro atoms. The van der Waals surface area contributed by atoms with Gasteiger partial charge in [-0.15, -0.1) is 0 Å². The molecule has 84 valence electrons. The van der Waals surface area contributed by atoms with Crippen molar-refractivity contribution in [3.05, 3.63) is 23.8 Å². The molecule has 1 N–H and O–H groups in total. The summed E-state index contributed by atoms with van der Waals surface area (Å²) in [5.74, 6) is 0.904. The lowest BCUT2D eigenvalue weighted by atomic mass is 10.1. The van der Waals surface area contributed by atoms with Crippen molar-refractivity contribution in [1.82, 2.24) is 0 Å². The highest BCUT2D eigenvalue weighted by Crippen LogP contribution is 2.48. The standard InChI is InChI=1S/C13H15NO2/c1-10-6-11(15)8-12(7-10)16-9-13(2-3-13)4-5-14/h6-8,15H,2-4,9H2,1H3. The van der Waals surface area contributed by atoms with Gasteiger partial charge in [-0.25, -0.2) is 0 Å². The van der Waals surface area contributed by atoms with Crippen LogP contribution in [0.25, 0.3) is 0 Å². The van der Waals surface area contributed by atoms with E-state index in [2.05, 4.69) is 6.07 Å². The number of nitrogens with zero attached hydrogens (tertiary/aromatic N) is 1. The van der Waals surface area contributed by atoms with Crippen LogP contribution in [0.5, 0.6) is 11.5 Å². The lowest BCUT2D eigenvalue weighted by Gasteiger charge is -2.13. The number of nitriles is 1. The van der Waals surface area contributed by atoms with Crippen LogP contribution in [0.1, 0.15) is 24.8 Å². The molecule has 0 atom stereocenters. The summed E-state index contributed by atoms with van der Waals surface area (Å²) in [4.78, 5) is 0. The zero-order chi connectivity index (χ0) is 11.6. The first-order valence-corrected chi connectivity index (χ1v) is 5.44. The highest BCUT2D eigenvalue weighted by Gasteiger charge is 2.43. The fraction of sp³-hybridized carbons (Fsp3) is 0.462. The summed E-state index contributed by atoms with van der Waals surface area (Å²) in [6.07, 6.45) is 2.70. The van der Waals surface area contributed by atoms with Crippen molar-refractivity contribution < 1.29 is 9.84 Å². The molecule has 0 aromatic heterocycles. The quantitative estimate of drug-likeness (QED) is 0.843. The van der Waals surface area contributed by atoms with Gasteiger partial charge in [0.1, 0.15) is 11.5 Å². The first-order chi connectivity index (χ1) is 7.63. The van der Waals surface area contributed by atoms with Crippen molar-refractivity contribution in [3.8, 4) is 17.6 Å². The van der Waals surface area contributed by atoms with Gasteiger partial charge in [0, 0.05) is 17.9 Å². The molecule has 1 aliphatic rings. The Balaban J connectivity index is 1.97. The van der Waals surface area contributed by atoms with Crippen LogP contribution in [-0.2, 0) is 0 Å². The van der Waals surface area contributed by atoms with Crippen LogP contribution in [-0.4, -0.2) is 11.7 Å². The Kier molecular flexibility index (Phi) is 2.74. The van der Waals surface area contributed by atoms with Gasteiger partial charge in [0.25, 0.3) is 0 Å². The first kappa shape index (κ1) is 10.8. The molecule has 0 saturated heterocycles. The van der Waals surface area contributed by atoms with E-state index >= 15 is 0 Å². The smallest absolute Gasteiger partial charge is 0.123 e. The lowest BCUT2D eigenvalue weighted by molar-refractivity contribution is 0.236. The fourth-order valence-electron chi connectivity index (χ4n) is 1.76. The normalized spacial score (nSPS) is 16.5. The van der Waals surface area contributed by atoms with E-state index in [0.717, 1.165) is 18.4 Å². The summed E-state index contributed by atoms with van der Waals surface area (Å²) in [7, 11) is 0. The monoisotopic (exact) mass is 217 g/mol. The molecule has 1 saturated carbocycles.